The predicted molar refractivity (Wildman–Crippen MR) is 75.6 cm³/mol. The Morgan fingerprint density at radius 1 is 1.35 bits per heavy atom. The van der Waals surface area contributed by atoms with Crippen molar-refractivity contribution in [3.05, 3.63) is 0 Å². The average Bonchev–Trinajstić information content (AvgIpc) is 3.10. The summed E-state index contributed by atoms with van der Waals surface area (Å²) in [6.45, 7) is 6.07. The van der Waals surface area contributed by atoms with Crippen molar-refractivity contribution in [1.82, 2.24) is 15.1 Å². The number of hydrogen-bond donors (Lipinski definition) is 2. The highest BCUT2D eigenvalue weighted by molar-refractivity contribution is 5.76. The zero-order chi connectivity index (χ0) is 14.7. The number of aliphatic carboxylic acids is 1. The van der Waals surface area contributed by atoms with Crippen molar-refractivity contribution in [3.8, 4) is 0 Å². The van der Waals surface area contributed by atoms with E-state index in [4.69, 9.17) is 5.11 Å². The largest absolute Gasteiger partial charge is 0.481 e. The number of carbonyl (C=O) groups excluding carboxylic acids is 1. The normalized spacial score (nSPS) is 23.1. The molecule has 2 aliphatic rings. The summed E-state index contributed by atoms with van der Waals surface area (Å²) in [6, 6.07) is 0.818. The lowest BCUT2D eigenvalue weighted by Crippen LogP contribution is -2.49. The number of nitrogens with one attached hydrogen (secondary N) is 1. The van der Waals surface area contributed by atoms with E-state index < -0.39 is 5.97 Å². The number of carboxylic acid groups (broad SMARTS) is 1. The molecule has 0 spiro atoms. The molecular formula is C14H25N3O3. The van der Waals surface area contributed by atoms with Gasteiger partial charge in [0.15, 0.2) is 0 Å². The van der Waals surface area contributed by atoms with Gasteiger partial charge in [-0.05, 0) is 33.1 Å². The van der Waals surface area contributed by atoms with Crippen molar-refractivity contribution in [2.24, 2.45) is 0 Å². The third kappa shape index (κ3) is 4.10. The molecule has 1 atom stereocenters. The third-order valence-corrected chi connectivity index (χ3v) is 4.06. The molecule has 2 N–H and O–H groups in total. The van der Waals surface area contributed by atoms with Crippen LogP contribution >= 0.6 is 0 Å². The number of urea groups is 1. The molecular weight excluding hydrogens is 258 g/mol. The van der Waals surface area contributed by atoms with E-state index in [-0.39, 0.29) is 31.1 Å². The van der Waals surface area contributed by atoms with Gasteiger partial charge in [0, 0.05) is 37.8 Å². The summed E-state index contributed by atoms with van der Waals surface area (Å²) in [5.41, 5.74) is 0. The van der Waals surface area contributed by atoms with E-state index >= 15 is 0 Å². The van der Waals surface area contributed by atoms with Crippen LogP contribution in [0.5, 0.6) is 0 Å². The predicted octanol–water partition coefficient (Wildman–Crippen LogP) is 1.12. The summed E-state index contributed by atoms with van der Waals surface area (Å²) in [5.74, 6) is -0.871. The Morgan fingerprint density at radius 2 is 2.05 bits per heavy atom. The highest BCUT2D eigenvalue weighted by Gasteiger charge is 2.35. The molecule has 1 aliphatic heterocycles. The number of carbonyl (C=O) groups is 2. The van der Waals surface area contributed by atoms with E-state index in [0.29, 0.717) is 0 Å². The molecule has 0 bridgehead atoms. The second-order valence-electron chi connectivity index (χ2n) is 6.09. The van der Waals surface area contributed by atoms with Gasteiger partial charge in [0.1, 0.15) is 0 Å². The number of amides is 2. The van der Waals surface area contributed by atoms with Crippen LogP contribution in [0.25, 0.3) is 0 Å². The van der Waals surface area contributed by atoms with Crippen molar-refractivity contribution in [2.75, 3.05) is 19.6 Å². The van der Waals surface area contributed by atoms with Gasteiger partial charge in [0.05, 0.1) is 6.42 Å². The molecule has 1 unspecified atom stereocenters. The fraction of sp³-hybridized carbons (Fsp3) is 0.857. The molecule has 2 rings (SSSR count). The van der Waals surface area contributed by atoms with Crippen LogP contribution in [0.3, 0.4) is 0 Å². The number of likely N-dealkylation sites (tertiary alicyclic amines) is 1. The topological polar surface area (TPSA) is 72.9 Å². The van der Waals surface area contributed by atoms with Crippen LogP contribution in [0.1, 0.15) is 39.5 Å². The highest BCUT2D eigenvalue weighted by atomic mass is 16.4. The van der Waals surface area contributed by atoms with Crippen LogP contribution in [0, 0.1) is 0 Å². The number of carboxylic acids is 1. The summed E-state index contributed by atoms with van der Waals surface area (Å²) >= 11 is 0. The van der Waals surface area contributed by atoms with Crippen molar-refractivity contribution in [3.63, 3.8) is 0 Å². The molecule has 2 amide bonds. The summed E-state index contributed by atoms with van der Waals surface area (Å²) in [4.78, 5) is 27.0. The Morgan fingerprint density at radius 3 is 2.60 bits per heavy atom. The van der Waals surface area contributed by atoms with E-state index in [1.807, 2.05) is 13.8 Å². The molecule has 0 aromatic carbocycles. The first kappa shape index (κ1) is 15.1. The van der Waals surface area contributed by atoms with E-state index in [1.54, 1.807) is 4.90 Å². The number of nitrogens with zero attached hydrogens (tertiary/aromatic N) is 2. The maximum Gasteiger partial charge on any atom is 0.317 e. The van der Waals surface area contributed by atoms with E-state index in [9.17, 15) is 9.59 Å². The molecule has 1 saturated heterocycles. The monoisotopic (exact) mass is 283 g/mol. The average molecular weight is 283 g/mol. The summed E-state index contributed by atoms with van der Waals surface area (Å²) in [7, 11) is 0. The fourth-order valence-corrected chi connectivity index (χ4v) is 2.74. The molecule has 6 nitrogen and oxygen atoms in total. The van der Waals surface area contributed by atoms with Gasteiger partial charge in [0.2, 0.25) is 0 Å². The van der Waals surface area contributed by atoms with Crippen LogP contribution in [-0.4, -0.2) is 64.7 Å². The van der Waals surface area contributed by atoms with E-state index in [0.717, 1.165) is 25.6 Å². The summed E-state index contributed by atoms with van der Waals surface area (Å²) in [5, 5.41) is 11.8. The van der Waals surface area contributed by atoms with Crippen molar-refractivity contribution >= 4 is 12.0 Å². The van der Waals surface area contributed by atoms with E-state index in [1.165, 1.54) is 12.8 Å². The van der Waals surface area contributed by atoms with Gasteiger partial charge >= 0.3 is 12.0 Å². The minimum atomic E-state index is -0.871. The molecule has 20 heavy (non-hydrogen) atoms. The Bertz CT molecular complexity index is 369. The fourth-order valence-electron chi connectivity index (χ4n) is 2.74. The quantitative estimate of drug-likeness (QED) is 0.766. The number of rotatable bonds is 6. The van der Waals surface area contributed by atoms with Crippen LogP contribution < -0.4 is 5.32 Å². The van der Waals surface area contributed by atoms with Gasteiger partial charge in [-0.3, -0.25) is 9.69 Å². The van der Waals surface area contributed by atoms with Gasteiger partial charge in [-0.15, -0.1) is 0 Å². The molecule has 114 valence electrons. The van der Waals surface area contributed by atoms with Crippen molar-refractivity contribution < 1.29 is 14.7 Å². The summed E-state index contributed by atoms with van der Waals surface area (Å²) < 4.78 is 0. The van der Waals surface area contributed by atoms with Crippen LogP contribution in [0.2, 0.25) is 0 Å². The smallest absolute Gasteiger partial charge is 0.317 e. The Labute approximate surface area is 120 Å². The second kappa shape index (κ2) is 6.43. The third-order valence-electron chi connectivity index (χ3n) is 4.06. The summed E-state index contributed by atoms with van der Waals surface area (Å²) in [6.07, 6.45) is 3.56. The Kier molecular flexibility index (Phi) is 4.86. The zero-order valence-electron chi connectivity index (χ0n) is 12.3. The minimum absolute atomic E-state index is 0.00946. The Balaban J connectivity index is 1.80. The minimum Gasteiger partial charge on any atom is -0.481 e. The lowest BCUT2D eigenvalue weighted by Gasteiger charge is -2.28. The molecule has 0 aromatic rings. The molecule has 0 aromatic heterocycles. The Hall–Kier alpha value is -1.30. The van der Waals surface area contributed by atoms with Crippen molar-refractivity contribution in [2.45, 2.75) is 57.7 Å². The van der Waals surface area contributed by atoms with Gasteiger partial charge in [-0.25, -0.2) is 4.79 Å². The SMILES string of the molecule is CC(C)N(CCC(=O)O)C(=O)NC1CCN(C2CC2)C1. The molecule has 0 radical (unpaired) electrons. The molecule has 1 saturated carbocycles. The van der Waals surface area contributed by atoms with Gasteiger partial charge in [0.25, 0.3) is 0 Å². The first-order chi connectivity index (χ1) is 9.47. The first-order valence-electron chi connectivity index (χ1n) is 7.50. The second-order valence-corrected chi connectivity index (χ2v) is 6.09. The molecule has 6 heteroatoms. The highest BCUT2D eigenvalue weighted by Crippen LogP contribution is 2.29. The maximum atomic E-state index is 12.2. The zero-order valence-corrected chi connectivity index (χ0v) is 12.3. The number of hydrogen-bond acceptors (Lipinski definition) is 3. The van der Waals surface area contributed by atoms with Gasteiger partial charge < -0.3 is 15.3 Å². The van der Waals surface area contributed by atoms with E-state index in [2.05, 4.69) is 10.2 Å². The lowest BCUT2D eigenvalue weighted by atomic mass is 10.2. The van der Waals surface area contributed by atoms with Crippen LogP contribution in [0.4, 0.5) is 4.79 Å². The molecule has 1 aliphatic carbocycles. The maximum absolute atomic E-state index is 12.2. The standard InChI is InChI=1S/C14H25N3O3/c1-10(2)17(8-6-13(18)19)14(20)15-11-5-7-16(9-11)12-3-4-12/h10-12H,3-9H2,1-2H3,(H,15,20)(H,18,19). The van der Waals surface area contributed by atoms with Crippen LogP contribution in [-0.2, 0) is 4.79 Å². The van der Waals surface area contributed by atoms with Crippen molar-refractivity contribution in [1.29, 1.82) is 0 Å². The molecule has 2 fully saturated rings. The lowest BCUT2D eigenvalue weighted by molar-refractivity contribution is -0.137. The van der Waals surface area contributed by atoms with Gasteiger partial charge in [-0.2, -0.15) is 0 Å². The van der Waals surface area contributed by atoms with Gasteiger partial charge in [-0.1, -0.05) is 0 Å². The molecule has 1 heterocycles. The van der Waals surface area contributed by atoms with Crippen LogP contribution in [0.15, 0.2) is 0 Å². The first-order valence-corrected chi connectivity index (χ1v) is 7.50.